The Balaban J connectivity index is 1.29. The van der Waals surface area contributed by atoms with Crippen LogP contribution in [0.25, 0.3) is 33.6 Å². The SMILES string of the molecule is CN1CCN(Cc2ccc(-c3oc4ncnc(NCCN5CCNCC5)c4c3-c3ccccc3)cc2)CC1. The van der Waals surface area contributed by atoms with E-state index in [-0.39, 0.29) is 0 Å². The summed E-state index contributed by atoms with van der Waals surface area (Å²) in [6.07, 6.45) is 1.59. The Morgan fingerprint density at radius 2 is 1.61 bits per heavy atom. The molecule has 6 rings (SSSR count). The summed E-state index contributed by atoms with van der Waals surface area (Å²) in [6.45, 7) is 11.5. The highest BCUT2D eigenvalue weighted by Crippen LogP contribution is 2.42. The van der Waals surface area contributed by atoms with Crippen LogP contribution in [0.2, 0.25) is 0 Å². The molecule has 2 N–H and O–H groups in total. The molecule has 38 heavy (non-hydrogen) atoms. The standard InChI is InChI=1S/C30H37N7O/c1-35-17-19-37(20-18-35)21-23-7-9-25(10-8-23)28-26(24-5-3-2-4-6-24)27-29(33-22-34-30(27)38-28)32-13-16-36-14-11-31-12-15-36/h2-10,22,31H,11-21H2,1H3,(H,32,33,34). The summed E-state index contributed by atoms with van der Waals surface area (Å²) in [4.78, 5) is 16.6. The molecule has 2 fully saturated rings. The van der Waals surface area contributed by atoms with E-state index >= 15 is 0 Å². The highest BCUT2D eigenvalue weighted by atomic mass is 16.3. The van der Waals surface area contributed by atoms with Crippen LogP contribution in [0, 0.1) is 0 Å². The summed E-state index contributed by atoms with van der Waals surface area (Å²) in [5, 5.41) is 7.94. The number of hydrogen-bond donors (Lipinski definition) is 2. The first-order chi connectivity index (χ1) is 18.7. The van der Waals surface area contributed by atoms with Gasteiger partial charge in [-0.05, 0) is 18.2 Å². The fourth-order valence-electron chi connectivity index (χ4n) is 5.44. The molecule has 8 nitrogen and oxygen atoms in total. The van der Waals surface area contributed by atoms with E-state index in [1.165, 1.54) is 5.56 Å². The molecule has 0 unspecified atom stereocenters. The van der Waals surface area contributed by atoms with Gasteiger partial charge >= 0.3 is 0 Å². The molecule has 0 bridgehead atoms. The fraction of sp³-hybridized carbons (Fsp3) is 0.400. The summed E-state index contributed by atoms with van der Waals surface area (Å²) in [7, 11) is 2.20. The van der Waals surface area contributed by atoms with Crippen LogP contribution in [0.4, 0.5) is 5.82 Å². The number of nitrogens with one attached hydrogen (secondary N) is 2. The molecule has 2 aromatic carbocycles. The van der Waals surface area contributed by atoms with Gasteiger partial charge in [-0.1, -0.05) is 54.6 Å². The summed E-state index contributed by atoms with van der Waals surface area (Å²) < 4.78 is 6.45. The first-order valence-corrected chi connectivity index (χ1v) is 13.7. The molecule has 8 heteroatoms. The minimum absolute atomic E-state index is 0.611. The van der Waals surface area contributed by atoms with Crippen molar-refractivity contribution in [2.75, 3.05) is 77.8 Å². The highest BCUT2D eigenvalue weighted by molar-refractivity contribution is 6.05. The zero-order valence-corrected chi connectivity index (χ0v) is 22.2. The van der Waals surface area contributed by atoms with Crippen LogP contribution >= 0.6 is 0 Å². The van der Waals surface area contributed by atoms with Gasteiger partial charge in [0.15, 0.2) is 0 Å². The number of hydrogen-bond acceptors (Lipinski definition) is 8. The van der Waals surface area contributed by atoms with Crippen molar-refractivity contribution in [3.8, 4) is 22.5 Å². The number of furan rings is 1. The molecule has 0 spiro atoms. The van der Waals surface area contributed by atoms with Crippen LogP contribution in [0.15, 0.2) is 65.3 Å². The van der Waals surface area contributed by atoms with Crippen molar-refractivity contribution in [1.29, 1.82) is 0 Å². The minimum Gasteiger partial charge on any atom is -0.437 e. The topological polar surface area (TPSA) is 72.7 Å². The van der Waals surface area contributed by atoms with Crippen molar-refractivity contribution < 1.29 is 4.42 Å². The number of aromatic nitrogens is 2. The van der Waals surface area contributed by atoms with E-state index in [1.54, 1.807) is 6.33 Å². The maximum absolute atomic E-state index is 6.45. The summed E-state index contributed by atoms with van der Waals surface area (Å²) in [5.41, 5.74) is 5.13. The van der Waals surface area contributed by atoms with E-state index in [1.807, 2.05) is 6.07 Å². The van der Waals surface area contributed by atoms with Crippen molar-refractivity contribution in [2.24, 2.45) is 0 Å². The fourth-order valence-corrected chi connectivity index (χ4v) is 5.44. The van der Waals surface area contributed by atoms with Crippen molar-refractivity contribution in [2.45, 2.75) is 6.54 Å². The molecular formula is C30H37N7O. The Morgan fingerprint density at radius 3 is 2.37 bits per heavy atom. The first kappa shape index (κ1) is 25.0. The van der Waals surface area contributed by atoms with E-state index in [4.69, 9.17) is 4.42 Å². The number of fused-ring (bicyclic) bond motifs is 1. The average molecular weight is 512 g/mol. The Kier molecular flexibility index (Phi) is 7.64. The first-order valence-electron chi connectivity index (χ1n) is 13.7. The van der Waals surface area contributed by atoms with Gasteiger partial charge in [-0.3, -0.25) is 9.80 Å². The Hall–Kier alpha value is -3.30. The van der Waals surface area contributed by atoms with Gasteiger partial charge in [-0.15, -0.1) is 0 Å². The van der Waals surface area contributed by atoms with Gasteiger partial charge in [0.2, 0.25) is 5.71 Å². The number of benzene rings is 2. The van der Waals surface area contributed by atoms with Crippen LogP contribution in [0.5, 0.6) is 0 Å². The van der Waals surface area contributed by atoms with E-state index in [9.17, 15) is 0 Å². The lowest BCUT2D eigenvalue weighted by Crippen LogP contribution is -2.45. The molecule has 2 aromatic heterocycles. The zero-order chi connectivity index (χ0) is 25.7. The van der Waals surface area contributed by atoms with Gasteiger partial charge in [0, 0.05) is 83.1 Å². The lowest BCUT2D eigenvalue weighted by molar-refractivity contribution is 0.148. The quantitative estimate of drug-likeness (QED) is 0.372. The third-order valence-corrected chi connectivity index (χ3v) is 7.70. The molecule has 198 valence electrons. The van der Waals surface area contributed by atoms with Crippen LogP contribution in [0.3, 0.4) is 0 Å². The van der Waals surface area contributed by atoms with E-state index in [0.717, 1.165) is 106 Å². The molecular weight excluding hydrogens is 474 g/mol. The molecule has 2 aliphatic heterocycles. The lowest BCUT2D eigenvalue weighted by Gasteiger charge is -2.32. The maximum atomic E-state index is 6.45. The Labute approximate surface area is 224 Å². The molecule has 0 amide bonds. The van der Waals surface area contributed by atoms with Crippen molar-refractivity contribution in [3.05, 3.63) is 66.5 Å². The number of anilines is 1. The normalized spacial score (nSPS) is 17.7. The summed E-state index contributed by atoms with van der Waals surface area (Å²) in [5.74, 6) is 1.66. The molecule has 0 radical (unpaired) electrons. The van der Waals surface area contributed by atoms with E-state index < -0.39 is 0 Å². The summed E-state index contributed by atoms with van der Waals surface area (Å²) >= 11 is 0. The second kappa shape index (κ2) is 11.6. The van der Waals surface area contributed by atoms with Crippen molar-refractivity contribution in [1.82, 2.24) is 30.0 Å². The van der Waals surface area contributed by atoms with Gasteiger partial charge in [-0.25, -0.2) is 9.97 Å². The second-order valence-corrected chi connectivity index (χ2v) is 10.4. The Morgan fingerprint density at radius 1 is 0.842 bits per heavy atom. The molecule has 0 saturated carbocycles. The molecule has 2 saturated heterocycles. The molecule has 4 heterocycles. The largest absolute Gasteiger partial charge is 0.437 e. The van der Waals surface area contributed by atoms with Crippen molar-refractivity contribution in [3.63, 3.8) is 0 Å². The predicted octanol–water partition coefficient (Wildman–Crippen LogP) is 3.62. The van der Waals surface area contributed by atoms with Crippen LogP contribution in [0.1, 0.15) is 5.56 Å². The summed E-state index contributed by atoms with van der Waals surface area (Å²) in [6, 6.07) is 19.3. The third kappa shape index (κ3) is 5.59. The number of rotatable bonds is 8. The highest BCUT2D eigenvalue weighted by Gasteiger charge is 2.22. The van der Waals surface area contributed by atoms with E-state index in [2.05, 4.69) is 90.9 Å². The zero-order valence-electron chi connectivity index (χ0n) is 22.2. The van der Waals surface area contributed by atoms with Crippen molar-refractivity contribution >= 4 is 16.9 Å². The van der Waals surface area contributed by atoms with Crippen LogP contribution in [-0.2, 0) is 6.54 Å². The predicted molar refractivity (Wildman–Crippen MR) is 153 cm³/mol. The smallest absolute Gasteiger partial charge is 0.232 e. The number of nitrogens with zero attached hydrogens (tertiary/aromatic N) is 5. The monoisotopic (exact) mass is 511 g/mol. The third-order valence-electron chi connectivity index (χ3n) is 7.70. The van der Waals surface area contributed by atoms with Gasteiger partial charge in [0.1, 0.15) is 17.9 Å². The Bertz CT molecular complexity index is 1320. The van der Waals surface area contributed by atoms with Gasteiger partial charge in [-0.2, -0.15) is 0 Å². The number of likely N-dealkylation sites (N-methyl/N-ethyl adjacent to an activating group) is 1. The molecule has 2 aliphatic rings. The average Bonchev–Trinajstić information content (AvgIpc) is 3.36. The molecule has 0 atom stereocenters. The van der Waals surface area contributed by atoms with Gasteiger partial charge in [0.25, 0.3) is 0 Å². The molecule has 4 aromatic rings. The van der Waals surface area contributed by atoms with E-state index in [0.29, 0.717) is 5.71 Å². The lowest BCUT2D eigenvalue weighted by atomic mass is 9.98. The van der Waals surface area contributed by atoms with Crippen LogP contribution < -0.4 is 10.6 Å². The minimum atomic E-state index is 0.611. The van der Waals surface area contributed by atoms with Gasteiger partial charge < -0.3 is 20.0 Å². The molecule has 0 aliphatic carbocycles. The maximum Gasteiger partial charge on any atom is 0.232 e. The van der Waals surface area contributed by atoms with Gasteiger partial charge in [0.05, 0.1) is 5.39 Å². The number of piperazine rings is 2. The second-order valence-electron chi connectivity index (χ2n) is 10.4. The van der Waals surface area contributed by atoms with Crippen LogP contribution in [-0.4, -0.2) is 97.2 Å².